The molecule has 0 bridgehead atoms. The molecule has 0 radical (unpaired) electrons. The molecular formula is C12H12. The van der Waals surface area contributed by atoms with Crippen molar-refractivity contribution < 1.29 is 0 Å². The molecular weight excluding hydrogens is 144 g/mol. The van der Waals surface area contributed by atoms with E-state index in [1.165, 1.54) is 11.1 Å². The van der Waals surface area contributed by atoms with E-state index >= 15 is 0 Å². The smallest absolute Gasteiger partial charge is 0.0162 e. The van der Waals surface area contributed by atoms with Gasteiger partial charge in [0.25, 0.3) is 0 Å². The Balaban J connectivity index is 2.34. The van der Waals surface area contributed by atoms with Gasteiger partial charge in [0.05, 0.1) is 0 Å². The van der Waals surface area contributed by atoms with Crippen molar-refractivity contribution in [3.8, 4) is 0 Å². The highest BCUT2D eigenvalue weighted by Gasteiger charge is 1.98. The normalized spacial score (nSPS) is 20.7. The lowest BCUT2D eigenvalue weighted by molar-refractivity contribution is 1.30. The van der Waals surface area contributed by atoms with Crippen LogP contribution in [-0.2, 0) is 0 Å². The zero-order valence-electron chi connectivity index (χ0n) is 7.03. The van der Waals surface area contributed by atoms with Crippen LogP contribution in [0.3, 0.4) is 0 Å². The molecule has 0 aliphatic heterocycles. The van der Waals surface area contributed by atoms with Gasteiger partial charge in [0.2, 0.25) is 0 Å². The first kappa shape index (κ1) is 7.35. The average Bonchev–Trinajstić information content (AvgIpc) is 2.21. The zero-order chi connectivity index (χ0) is 8.23. The van der Waals surface area contributed by atoms with E-state index in [1.807, 2.05) is 0 Å². The highest BCUT2D eigenvalue weighted by Crippen LogP contribution is 2.18. The Hall–Kier alpha value is -1.30. The summed E-state index contributed by atoms with van der Waals surface area (Å²) in [4.78, 5) is 0. The molecule has 0 heteroatoms. The van der Waals surface area contributed by atoms with Gasteiger partial charge in [-0.25, -0.2) is 0 Å². The summed E-state index contributed by atoms with van der Waals surface area (Å²) in [5.74, 6) is 0. The summed E-state index contributed by atoms with van der Waals surface area (Å²) in [7, 11) is 0. The Bertz CT molecular complexity index is 249. The van der Waals surface area contributed by atoms with E-state index in [1.54, 1.807) is 0 Å². The summed E-state index contributed by atoms with van der Waals surface area (Å²) in [5, 5.41) is 0. The number of hydrogen-bond acceptors (Lipinski definition) is 0. The Morgan fingerprint density at radius 1 is 0.583 bits per heavy atom. The molecule has 0 saturated carbocycles. The van der Waals surface area contributed by atoms with E-state index in [0.29, 0.717) is 0 Å². The van der Waals surface area contributed by atoms with Gasteiger partial charge in [-0.05, 0) is 24.0 Å². The van der Waals surface area contributed by atoms with E-state index in [0.717, 1.165) is 12.8 Å². The number of hydrogen-bond donors (Lipinski definition) is 0. The summed E-state index contributed by atoms with van der Waals surface area (Å²) in [6.45, 7) is 0. The van der Waals surface area contributed by atoms with Crippen LogP contribution in [0.2, 0.25) is 0 Å². The second kappa shape index (κ2) is 3.40. The maximum atomic E-state index is 2.19. The van der Waals surface area contributed by atoms with Gasteiger partial charge < -0.3 is 0 Å². The van der Waals surface area contributed by atoms with Crippen molar-refractivity contribution in [2.24, 2.45) is 0 Å². The summed E-state index contributed by atoms with van der Waals surface area (Å²) < 4.78 is 0. The van der Waals surface area contributed by atoms with Crippen molar-refractivity contribution in [1.29, 1.82) is 0 Å². The van der Waals surface area contributed by atoms with Crippen molar-refractivity contribution in [2.75, 3.05) is 0 Å². The van der Waals surface area contributed by atoms with Crippen LogP contribution in [0.15, 0.2) is 59.8 Å². The molecule has 0 N–H and O–H groups in total. The van der Waals surface area contributed by atoms with Crippen molar-refractivity contribution >= 4 is 0 Å². The molecule has 2 aliphatic rings. The summed E-state index contributed by atoms with van der Waals surface area (Å²) >= 11 is 0. The lowest BCUT2D eigenvalue weighted by Crippen LogP contribution is -1.86. The predicted octanol–water partition coefficient (Wildman–Crippen LogP) is 3.32. The van der Waals surface area contributed by atoms with Crippen LogP contribution >= 0.6 is 0 Å². The van der Waals surface area contributed by atoms with Gasteiger partial charge in [-0.15, -0.1) is 0 Å². The fraction of sp³-hybridized carbons (Fsp3) is 0.167. The summed E-state index contributed by atoms with van der Waals surface area (Å²) in [6, 6.07) is 0. The van der Waals surface area contributed by atoms with Gasteiger partial charge in [-0.3, -0.25) is 0 Å². The van der Waals surface area contributed by atoms with E-state index in [2.05, 4.69) is 48.6 Å². The number of allylic oxidation sites excluding steroid dienone is 10. The standard InChI is InChI=1S/C12H12/c1-3-7-11(8-4-1)12-9-5-2-6-10-12/h3-10H,1-2H2. The SMILES string of the molecule is C1=CC(=C2C=CCC=C2)C=CC1. The first-order valence-corrected chi connectivity index (χ1v) is 4.37. The van der Waals surface area contributed by atoms with Gasteiger partial charge >= 0.3 is 0 Å². The Kier molecular flexibility index (Phi) is 2.08. The maximum Gasteiger partial charge on any atom is -0.0162 e. The summed E-state index contributed by atoms with van der Waals surface area (Å²) in [5.41, 5.74) is 2.65. The first-order chi connectivity index (χ1) is 5.97. The van der Waals surface area contributed by atoms with Crippen LogP contribution in [0.4, 0.5) is 0 Å². The number of rotatable bonds is 0. The molecule has 0 heterocycles. The third-order valence-electron chi connectivity index (χ3n) is 2.07. The lowest BCUT2D eigenvalue weighted by atomic mass is 10.00. The lowest BCUT2D eigenvalue weighted by Gasteiger charge is -2.06. The molecule has 0 atom stereocenters. The highest BCUT2D eigenvalue weighted by atomic mass is 14.0. The molecule has 0 fully saturated rings. The fourth-order valence-electron chi connectivity index (χ4n) is 1.43. The Morgan fingerprint density at radius 3 is 1.25 bits per heavy atom. The van der Waals surface area contributed by atoms with Crippen molar-refractivity contribution in [1.82, 2.24) is 0 Å². The van der Waals surface area contributed by atoms with Crippen LogP contribution in [0, 0.1) is 0 Å². The van der Waals surface area contributed by atoms with Crippen LogP contribution in [0.5, 0.6) is 0 Å². The van der Waals surface area contributed by atoms with Crippen molar-refractivity contribution in [2.45, 2.75) is 12.8 Å². The highest BCUT2D eigenvalue weighted by molar-refractivity contribution is 5.49. The van der Waals surface area contributed by atoms with E-state index in [4.69, 9.17) is 0 Å². The third kappa shape index (κ3) is 1.48. The van der Waals surface area contributed by atoms with E-state index in [9.17, 15) is 0 Å². The largest absolute Gasteiger partial charge is 0.0801 e. The Labute approximate surface area is 73.3 Å². The molecule has 12 heavy (non-hydrogen) atoms. The molecule has 0 aromatic rings. The minimum absolute atomic E-state index is 1.07. The topological polar surface area (TPSA) is 0 Å². The molecule has 2 aliphatic carbocycles. The second-order valence-electron chi connectivity index (χ2n) is 2.99. The fourth-order valence-corrected chi connectivity index (χ4v) is 1.43. The third-order valence-corrected chi connectivity index (χ3v) is 2.07. The summed E-state index contributed by atoms with van der Waals surface area (Å²) in [6.07, 6.45) is 19.7. The van der Waals surface area contributed by atoms with Crippen molar-refractivity contribution in [3.05, 3.63) is 59.8 Å². The van der Waals surface area contributed by atoms with E-state index < -0.39 is 0 Å². The molecule has 0 aromatic carbocycles. The Morgan fingerprint density at radius 2 is 0.917 bits per heavy atom. The molecule has 0 nitrogen and oxygen atoms in total. The first-order valence-electron chi connectivity index (χ1n) is 4.37. The van der Waals surface area contributed by atoms with E-state index in [-0.39, 0.29) is 0 Å². The van der Waals surface area contributed by atoms with Gasteiger partial charge in [-0.2, -0.15) is 0 Å². The van der Waals surface area contributed by atoms with Crippen LogP contribution in [0.1, 0.15) is 12.8 Å². The maximum absolute atomic E-state index is 2.19. The molecule has 2 rings (SSSR count). The monoisotopic (exact) mass is 156 g/mol. The van der Waals surface area contributed by atoms with Gasteiger partial charge in [0.15, 0.2) is 0 Å². The minimum Gasteiger partial charge on any atom is -0.0801 e. The van der Waals surface area contributed by atoms with Crippen molar-refractivity contribution in [3.63, 3.8) is 0 Å². The molecule has 0 spiro atoms. The quantitative estimate of drug-likeness (QED) is 0.504. The van der Waals surface area contributed by atoms with Gasteiger partial charge in [-0.1, -0.05) is 48.6 Å². The van der Waals surface area contributed by atoms with Gasteiger partial charge in [0.1, 0.15) is 0 Å². The van der Waals surface area contributed by atoms with Crippen LogP contribution < -0.4 is 0 Å². The zero-order valence-corrected chi connectivity index (χ0v) is 7.03. The van der Waals surface area contributed by atoms with Crippen LogP contribution in [0.25, 0.3) is 0 Å². The second-order valence-corrected chi connectivity index (χ2v) is 2.99. The minimum atomic E-state index is 1.07. The van der Waals surface area contributed by atoms with Gasteiger partial charge in [0, 0.05) is 0 Å². The predicted molar refractivity (Wildman–Crippen MR) is 52.8 cm³/mol. The molecule has 60 valence electrons. The van der Waals surface area contributed by atoms with Crippen LogP contribution in [-0.4, -0.2) is 0 Å². The molecule has 0 unspecified atom stereocenters. The molecule has 0 amide bonds. The molecule has 0 aromatic heterocycles. The average molecular weight is 156 g/mol. The molecule has 0 saturated heterocycles.